The van der Waals surface area contributed by atoms with E-state index in [2.05, 4.69) is 43.5 Å². The monoisotopic (exact) mass is 1070 g/mol. The molecule has 0 saturated heterocycles. The summed E-state index contributed by atoms with van der Waals surface area (Å²) in [6.45, 7) is 4.91. The standard InChI is InChI=1S/C70H133NO5/c1-3-5-7-9-11-13-15-17-19-21-22-23-24-25-26-27-28-31-34-38-42-46-50-54-58-62-68(73)67(66-72)71-69(74)63-59-55-51-47-43-39-35-32-29-33-37-41-45-49-53-57-61-65-76-70(75)64-60-56-52-48-44-40-36-30-20-18-16-14-12-10-8-6-4-2/h18,20,29,33,58,62,67-68,72-73H,3-17,19,21-28,30-32,34-57,59-61,63-66H2,1-2H3,(H,71,74)/b20-18-,33-29-,62-58+. The van der Waals surface area contributed by atoms with Crippen LogP contribution in [0.3, 0.4) is 0 Å². The lowest BCUT2D eigenvalue weighted by molar-refractivity contribution is -0.143. The van der Waals surface area contributed by atoms with Gasteiger partial charge in [0.25, 0.3) is 0 Å². The van der Waals surface area contributed by atoms with E-state index < -0.39 is 12.1 Å². The molecule has 6 nitrogen and oxygen atoms in total. The van der Waals surface area contributed by atoms with Gasteiger partial charge >= 0.3 is 5.97 Å². The van der Waals surface area contributed by atoms with Gasteiger partial charge in [0.1, 0.15) is 0 Å². The Labute approximate surface area is 474 Å². The molecule has 0 bridgehead atoms. The van der Waals surface area contributed by atoms with Gasteiger partial charge in [0.05, 0.1) is 25.4 Å². The second-order valence-corrected chi connectivity index (χ2v) is 23.5. The molecule has 0 aromatic rings. The van der Waals surface area contributed by atoms with Crippen LogP contribution in [-0.4, -0.2) is 47.4 Å². The van der Waals surface area contributed by atoms with Crippen LogP contribution < -0.4 is 5.32 Å². The van der Waals surface area contributed by atoms with Crippen LogP contribution in [0.2, 0.25) is 0 Å². The molecule has 1 amide bonds. The van der Waals surface area contributed by atoms with Gasteiger partial charge in [-0.25, -0.2) is 0 Å². The summed E-state index contributed by atoms with van der Waals surface area (Å²) >= 11 is 0. The Kier molecular flexibility index (Phi) is 63.9. The smallest absolute Gasteiger partial charge is 0.305 e. The van der Waals surface area contributed by atoms with Crippen molar-refractivity contribution in [2.75, 3.05) is 13.2 Å². The number of allylic oxidation sites excluding steroid dienone is 5. The maximum absolute atomic E-state index is 12.5. The fraction of sp³-hybridized carbons (Fsp3) is 0.886. The number of hydrogen-bond acceptors (Lipinski definition) is 5. The van der Waals surface area contributed by atoms with E-state index in [0.717, 1.165) is 57.8 Å². The maximum Gasteiger partial charge on any atom is 0.305 e. The summed E-state index contributed by atoms with van der Waals surface area (Å²) < 4.78 is 5.49. The molecule has 0 spiro atoms. The first-order valence-electron chi connectivity index (χ1n) is 34.3. The molecule has 6 heteroatoms. The number of carbonyl (C=O) groups is 2. The Morgan fingerprint density at radius 3 is 0.934 bits per heavy atom. The topological polar surface area (TPSA) is 95.9 Å². The molecule has 2 atom stereocenters. The quantitative estimate of drug-likeness (QED) is 0.0320. The summed E-state index contributed by atoms with van der Waals surface area (Å²) in [6, 6.07) is -0.639. The van der Waals surface area contributed by atoms with Crippen LogP contribution >= 0.6 is 0 Å². The number of aliphatic hydroxyl groups excluding tert-OH is 2. The van der Waals surface area contributed by atoms with Crippen molar-refractivity contribution in [2.45, 2.75) is 386 Å². The van der Waals surface area contributed by atoms with Crippen molar-refractivity contribution in [3.63, 3.8) is 0 Å². The fourth-order valence-corrected chi connectivity index (χ4v) is 10.6. The molecule has 0 radical (unpaired) electrons. The molecule has 2 unspecified atom stereocenters. The first-order chi connectivity index (χ1) is 37.5. The lowest BCUT2D eigenvalue weighted by atomic mass is 10.0. The molecule has 448 valence electrons. The summed E-state index contributed by atoms with van der Waals surface area (Å²) in [4.78, 5) is 24.6. The Morgan fingerprint density at radius 1 is 0.355 bits per heavy atom. The number of aliphatic hydroxyl groups is 2. The van der Waals surface area contributed by atoms with E-state index in [1.807, 2.05) is 6.08 Å². The maximum atomic E-state index is 12.5. The Hall–Kier alpha value is -1.92. The zero-order valence-corrected chi connectivity index (χ0v) is 51.3. The molecule has 0 aromatic carbocycles. The van der Waals surface area contributed by atoms with Crippen LogP contribution in [0.25, 0.3) is 0 Å². The predicted molar refractivity (Wildman–Crippen MR) is 333 cm³/mol. The van der Waals surface area contributed by atoms with E-state index in [1.54, 1.807) is 6.08 Å². The normalized spacial score (nSPS) is 12.7. The van der Waals surface area contributed by atoms with Gasteiger partial charge in [-0.15, -0.1) is 0 Å². The Balaban J connectivity index is 3.47. The SMILES string of the molecule is CCCCCCCC/C=C\CCCCCCCCCC(=O)OCCCCCCCC/C=C\CCCCCCCCCC(=O)NC(CO)C(O)/C=C/CCCCCCCCCCCCCCCCCCCCCCCCC. The predicted octanol–water partition coefficient (Wildman–Crippen LogP) is 21.9. The number of unbranched alkanes of at least 4 members (excludes halogenated alkanes) is 49. The molecule has 0 aliphatic carbocycles. The number of rotatable bonds is 64. The molecule has 0 fully saturated rings. The molecule has 0 heterocycles. The number of nitrogens with one attached hydrogen (secondary N) is 1. The highest BCUT2D eigenvalue weighted by molar-refractivity contribution is 5.76. The number of carbonyl (C=O) groups excluding carboxylic acids is 2. The highest BCUT2D eigenvalue weighted by Gasteiger charge is 2.18. The van der Waals surface area contributed by atoms with Crippen molar-refractivity contribution in [1.82, 2.24) is 5.32 Å². The first-order valence-corrected chi connectivity index (χ1v) is 34.3. The zero-order valence-electron chi connectivity index (χ0n) is 51.3. The van der Waals surface area contributed by atoms with Crippen LogP contribution in [0.4, 0.5) is 0 Å². The van der Waals surface area contributed by atoms with Crippen molar-refractivity contribution >= 4 is 11.9 Å². The van der Waals surface area contributed by atoms with Crippen molar-refractivity contribution < 1.29 is 24.5 Å². The van der Waals surface area contributed by atoms with Crippen LogP contribution in [0.1, 0.15) is 373 Å². The third-order valence-electron chi connectivity index (χ3n) is 15.9. The van der Waals surface area contributed by atoms with E-state index in [0.29, 0.717) is 19.4 Å². The molecule has 3 N–H and O–H groups in total. The average Bonchev–Trinajstić information content (AvgIpc) is 3.42. The molecule has 0 aliphatic heterocycles. The van der Waals surface area contributed by atoms with Crippen molar-refractivity contribution in [1.29, 1.82) is 0 Å². The molecular weight excluding hydrogens is 935 g/mol. The van der Waals surface area contributed by atoms with Gasteiger partial charge in [-0.3, -0.25) is 9.59 Å². The highest BCUT2D eigenvalue weighted by atomic mass is 16.5. The number of amides is 1. The van der Waals surface area contributed by atoms with E-state index >= 15 is 0 Å². The van der Waals surface area contributed by atoms with E-state index in [4.69, 9.17) is 4.74 Å². The second-order valence-electron chi connectivity index (χ2n) is 23.5. The van der Waals surface area contributed by atoms with Crippen LogP contribution in [0.15, 0.2) is 36.5 Å². The molecule has 76 heavy (non-hydrogen) atoms. The van der Waals surface area contributed by atoms with Gasteiger partial charge in [0, 0.05) is 12.8 Å². The van der Waals surface area contributed by atoms with Gasteiger partial charge in [0.2, 0.25) is 5.91 Å². The minimum absolute atomic E-state index is 0.00538. The lowest BCUT2D eigenvalue weighted by Gasteiger charge is -2.20. The minimum atomic E-state index is -0.855. The summed E-state index contributed by atoms with van der Waals surface area (Å²) in [5.41, 5.74) is 0. The fourth-order valence-electron chi connectivity index (χ4n) is 10.6. The minimum Gasteiger partial charge on any atom is -0.466 e. The summed E-state index contributed by atoms with van der Waals surface area (Å²) in [5.74, 6) is -0.0819. The molecular formula is C70H133NO5. The first kappa shape index (κ1) is 74.1. The van der Waals surface area contributed by atoms with Crippen molar-refractivity contribution in [2.24, 2.45) is 0 Å². The van der Waals surface area contributed by atoms with Crippen LogP contribution in [-0.2, 0) is 14.3 Å². The van der Waals surface area contributed by atoms with Gasteiger partial charge in [-0.1, -0.05) is 314 Å². The van der Waals surface area contributed by atoms with E-state index in [-0.39, 0.29) is 18.5 Å². The van der Waals surface area contributed by atoms with Gasteiger partial charge in [0.15, 0.2) is 0 Å². The average molecular weight is 1070 g/mol. The van der Waals surface area contributed by atoms with Crippen LogP contribution in [0, 0.1) is 0 Å². The number of esters is 1. The highest BCUT2D eigenvalue weighted by Crippen LogP contribution is 2.18. The largest absolute Gasteiger partial charge is 0.466 e. The third kappa shape index (κ3) is 61.3. The van der Waals surface area contributed by atoms with E-state index in [9.17, 15) is 19.8 Å². The summed E-state index contributed by atoms with van der Waals surface area (Å²) in [5, 5.41) is 23.3. The van der Waals surface area contributed by atoms with Gasteiger partial charge in [-0.2, -0.15) is 0 Å². The van der Waals surface area contributed by atoms with Gasteiger partial charge < -0.3 is 20.3 Å². The lowest BCUT2D eigenvalue weighted by Crippen LogP contribution is -2.45. The van der Waals surface area contributed by atoms with Crippen molar-refractivity contribution in [3.05, 3.63) is 36.5 Å². The third-order valence-corrected chi connectivity index (χ3v) is 15.9. The summed E-state index contributed by atoms with van der Waals surface area (Å²) in [7, 11) is 0. The molecule has 0 saturated carbocycles. The van der Waals surface area contributed by atoms with Gasteiger partial charge in [-0.05, 0) is 83.5 Å². The number of ether oxygens (including phenoxy) is 1. The molecule has 0 aliphatic rings. The van der Waals surface area contributed by atoms with E-state index in [1.165, 1.54) is 289 Å². The molecule has 0 aromatic heterocycles. The van der Waals surface area contributed by atoms with Crippen LogP contribution in [0.5, 0.6) is 0 Å². The van der Waals surface area contributed by atoms with Crippen molar-refractivity contribution in [3.8, 4) is 0 Å². The Bertz CT molecular complexity index is 1230. The summed E-state index contributed by atoms with van der Waals surface area (Å²) in [6.07, 6.45) is 83.5. The Morgan fingerprint density at radius 2 is 0.618 bits per heavy atom. The number of hydrogen-bond donors (Lipinski definition) is 3. The zero-order chi connectivity index (χ0) is 55.0. The molecule has 0 rings (SSSR count). The second kappa shape index (κ2) is 65.6.